The van der Waals surface area contributed by atoms with Crippen LogP contribution in [0.5, 0.6) is 0 Å². The Labute approximate surface area is 123 Å². The van der Waals surface area contributed by atoms with E-state index in [-0.39, 0.29) is 0 Å². The van der Waals surface area contributed by atoms with Crippen LogP contribution in [0.4, 0.5) is 0 Å². The van der Waals surface area contributed by atoms with E-state index >= 15 is 0 Å². The molecule has 2 atom stereocenters. The smallest absolute Gasteiger partial charge is 0.131 e. The minimum atomic E-state index is 0.305. The van der Waals surface area contributed by atoms with E-state index in [1.165, 1.54) is 38.5 Å². The number of Topliss-reactive ketones (excluding diaryl/α,β-unsaturated/α-hetero) is 2. The molecule has 2 heterocycles. The SMILES string of the molecule is CC(=O)CC1CCCCN1.CC(=O)CC1CCCCN1. The number of carbonyl (C=O) groups is 2. The minimum absolute atomic E-state index is 0.305. The molecule has 0 radical (unpaired) electrons. The molecule has 2 saturated heterocycles. The molecule has 2 rings (SSSR count). The minimum Gasteiger partial charge on any atom is -0.314 e. The van der Waals surface area contributed by atoms with Gasteiger partial charge < -0.3 is 10.6 Å². The highest BCUT2D eigenvalue weighted by atomic mass is 16.1. The molecule has 0 aromatic carbocycles. The van der Waals surface area contributed by atoms with Crippen molar-refractivity contribution in [2.24, 2.45) is 0 Å². The van der Waals surface area contributed by atoms with Crippen LogP contribution in [0.2, 0.25) is 0 Å². The fourth-order valence-corrected chi connectivity index (χ4v) is 2.89. The van der Waals surface area contributed by atoms with Crippen LogP contribution in [-0.2, 0) is 9.59 Å². The lowest BCUT2D eigenvalue weighted by atomic mass is 10.0. The molecule has 2 aliphatic rings. The molecule has 2 fully saturated rings. The van der Waals surface area contributed by atoms with E-state index < -0.39 is 0 Å². The summed E-state index contributed by atoms with van der Waals surface area (Å²) in [4.78, 5) is 21.3. The zero-order valence-corrected chi connectivity index (χ0v) is 13.0. The maximum atomic E-state index is 10.7. The normalized spacial score (nSPS) is 26.3. The summed E-state index contributed by atoms with van der Waals surface area (Å²) in [7, 11) is 0. The van der Waals surface area contributed by atoms with Crippen molar-refractivity contribution in [1.82, 2.24) is 10.6 Å². The van der Waals surface area contributed by atoms with Crippen molar-refractivity contribution in [1.29, 1.82) is 0 Å². The van der Waals surface area contributed by atoms with E-state index in [0.717, 1.165) is 25.9 Å². The Kier molecular flexibility index (Phi) is 8.70. The molecule has 0 aliphatic carbocycles. The highest BCUT2D eigenvalue weighted by molar-refractivity contribution is 5.76. The molecule has 4 nitrogen and oxygen atoms in total. The summed E-state index contributed by atoms with van der Waals surface area (Å²) in [6.07, 6.45) is 8.91. The monoisotopic (exact) mass is 282 g/mol. The van der Waals surface area contributed by atoms with Crippen molar-refractivity contribution in [3.63, 3.8) is 0 Å². The first-order chi connectivity index (χ1) is 9.58. The third kappa shape index (κ3) is 8.43. The number of rotatable bonds is 4. The second-order valence-electron chi connectivity index (χ2n) is 6.11. The van der Waals surface area contributed by atoms with Crippen LogP contribution in [0.15, 0.2) is 0 Å². The predicted octanol–water partition coefficient (Wildman–Crippen LogP) is 2.22. The van der Waals surface area contributed by atoms with Crippen molar-refractivity contribution in [3.05, 3.63) is 0 Å². The Bertz CT molecular complexity index is 263. The van der Waals surface area contributed by atoms with Gasteiger partial charge in [-0.05, 0) is 52.6 Å². The largest absolute Gasteiger partial charge is 0.314 e. The average molecular weight is 282 g/mol. The van der Waals surface area contributed by atoms with Gasteiger partial charge in [-0.1, -0.05) is 12.8 Å². The van der Waals surface area contributed by atoms with E-state index in [1.54, 1.807) is 13.8 Å². The lowest BCUT2D eigenvalue weighted by molar-refractivity contribution is -0.118. The highest BCUT2D eigenvalue weighted by Crippen LogP contribution is 2.10. The van der Waals surface area contributed by atoms with E-state index in [9.17, 15) is 9.59 Å². The van der Waals surface area contributed by atoms with E-state index in [0.29, 0.717) is 23.7 Å². The number of ketones is 2. The molecule has 0 spiro atoms. The maximum Gasteiger partial charge on any atom is 0.131 e. The van der Waals surface area contributed by atoms with Gasteiger partial charge in [-0.2, -0.15) is 0 Å². The standard InChI is InChI=1S/2C8H15NO/c2*1-7(10)6-8-4-2-3-5-9-8/h2*8-9H,2-6H2,1H3. The second kappa shape index (κ2) is 10.1. The highest BCUT2D eigenvalue weighted by Gasteiger charge is 2.14. The molecule has 4 heteroatoms. The third-order valence-corrected chi connectivity index (χ3v) is 3.89. The molecule has 0 amide bonds. The Morgan fingerprint density at radius 1 is 0.800 bits per heavy atom. The van der Waals surface area contributed by atoms with Crippen molar-refractivity contribution in [2.75, 3.05) is 13.1 Å². The summed E-state index contributed by atoms with van der Waals surface area (Å²) in [6.45, 7) is 5.52. The fourth-order valence-electron chi connectivity index (χ4n) is 2.89. The zero-order valence-electron chi connectivity index (χ0n) is 13.0. The van der Waals surface area contributed by atoms with Crippen LogP contribution in [0.3, 0.4) is 0 Å². The van der Waals surface area contributed by atoms with Gasteiger partial charge in [-0.3, -0.25) is 9.59 Å². The average Bonchev–Trinajstić information content (AvgIpc) is 2.40. The fraction of sp³-hybridized carbons (Fsp3) is 0.875. The zero-order chi connectivity index (χ0) is 14.8. The number of hydrogen-bond donors (Lipinski definition) is 2. The second-order valence-corrected chi connectivity index (χ2v) is 6.11. The van der Waals surface area contributed by atoms with Crippen molar-refractivity contribution >= 4 is 11.6 Å². The van der Waals surface area contributed by atoms with Gasteiger partial charge in [-0.25, -0.2) is 0 Å². The van der Waals surface area contributed by atoms with Gasteiger partial charge in [0, 0.05) is 24.9 Å². The van der Waals surface area contributed by atoms with Crippen molar-refractivity contribution in [3.8, 4) is 0 Å². The molecule has 20 heavy (non-hydrogen) atoms. The van der Waals surface area contributed by atoms with Gasteiger partial charge in [0.2, 0.25) is 0 Å². The van der Waals surface area contributed by atoms with Gasteiger partial charge in [0.05, 0.1) is 0 Å². The molecule has 116 valence electrons. The topological polar surface area (TPSA) is 58.2 Å². The summed E-state index contributed by atoms with van der Waals surface area (Å²) in [5.41, 5.74) is 0. The quantitative estimate of drug-likeness (QED) is 0.830. The maximum absolute atomic E-state index is 10.7. The molecular formula is C16H30N2O2. The summed E-state index contributed by atoms with van der Waals surface area (Å²) < 4.78 is 0. The molecule has 2 aliphatic heterocycles. The number of piperidine rings is 2. The molecule has 2 unspecified atom stereocenters. The molecule has 2 N–H and O–H groups in total. The lowest BCUT2D eigenvalue weighted by Gasteiger charge is -2.21. The van der Waals surface area contributed by atoms with Gasteiger partial charge in [0.25, 0.3) is 0 Å². The first-order valence-electron chi connectivity index (χ1n) is 8.03. The van der Waals surface area contributed by atoms with E-state index in [1.807, 2.05) is 0 Å². The van der Waals surface area contributed by atoms with E-state index in [4.69, 9.17) is 0 Å². The Balaban J connectivity index is 0.000000200. The van der Waals surface area contributed by atoms with Crippen molar-refractivity contribution < 1.29 is 9.59 Å². The van der Waals surface area contributed by atoms with Gasteiger partial charge in [0.1, 0.15) is 11.6 Å². The molecule has 0 aromatic heterocycles. The third-order valence-electron chi connectivity index (χ3n) is 3.89. The van der Waals surface area contributed by atoms with Gasteiger partial charge in [-0.15, -0.1) is 0 Å². The van der Waals surface area contributed by atoms with Crippen LogP contribution < -0.4 is 10.6 Å². The summed E-state index contributed by atoms with van der Waals surface area (Å²) >= 11 is 0. The lowest BCUT2D eigenvalue weighted by Crippen LogP contribution is -2.35. The van der Waals surface area contributed by atoms with E-state index in [2.05, 4.69) is 10.6 Å². The molecule has 0 aromatic rings. The Hall–Kier alpha value is -0.740. The predicted molar refractivity (Wildman–Crippen MR) is 81.9 cm³/mol. The van der Waals surface area contributed by atoms with Gasteiger partial charge in [0.15, 0.2) is 0 Å². The van der Waals surface area contributed by atoms with Crippen LogP contribution in [0, 0.1) is 0 Å². The first kappa shape index (κ1) is 17.3. The van der Waals surface area contributed by atoms with Crippen LogP contribution in [-0.4, -0.2) is 36.7 Å². The van der Waals surface area contributed by atoms with Crippen LogP contribution in [0.1, 0.15) is 65.2 Å². The summed E-state index contributed by atoms with van der Waals surface area (Å²) in [5.74, 6) is 0.610. The van der Waals surface area contributed by atoms with Crippen molar-refractivity contribution in [2.45, 2.75) is 77.3 Å². The molecule has 0 saturated carbocycles. The number of carbonyl (C=O) groups excluding carboxylic acids is 2. The summed E-state index contributed by atoms with van der Waals surface area (Å²) in [5, 5.41) is 6.66. The molecular weight excluding hydrogens is 252 g/mol. The number of nitrogens with one attached hydrogen (secondary N) is 2. The summed E-state index contributed by atoms with van der Waals surface area (Å²) in [6, 6.07) is 0.956. The van der Waals surface area contributed by atoms with Crippen LogP contribution in [0.25, 0.3) is 0 Å². The van der Waals surface area contributed by atoms with Crippen LogP contribution >= 0.6 is 0 Å². The Morgan fingerprint density at radius 3 is 1.45 bits per heavy atom. The molecule has 0 bridgehead atoms. The number of hydrogen-bond acceptors (Lipinski definition) is 4. The Morgan fingerprint density at radius 2 is 1.20 bits per heavy atom. The first-order valence-corrected chi connectivity index (χ1v) is 8.03. The van der Waals surface area contributed by atoms with Gasteiger partial charge >= 0.3 is 0 Å².